The van der Waals surface area contributed by atoms with Crippen molar-refractivity contribution in [1.82, 2.24) is 14.5 Å². The highest BCUT2D eigenvalue weighted by Crippen LogP contribution is 2.32. The lowest BCUT2D eigenvalue weighted by Crippen LogP contribution is -2.29. The van der Waals surface area contributed by atoms with Crippen LogP contribution in [-0.4, -0.2) is 21.1 Å². The monoisotopic (exact) mass is 418 g/mol. The van der Waals surface area contributed by atoms with Gasteiger partial charge in [-0.2, -0.15) is 4.98 Å². The van der Waals surface area contributed by atoms with Crippen molar-refractivity contribution < 1.29 is 0 Å². The molecule has 0 saturated heterocycles. The van der Waals surface area contributed by atoms with Crippen molar-refractivity contribution in [3.05, 3.63) is 64.1 Å². The maximum atomic E-state index is 13.7. The van der Waals surface area contributed by atoms with E-state index >= 15 is 0 Å². The SMILES string of the molecule is CC(c1ccccc1)c1cc2cnc(NCCC(C)(C)C)nc2n(C2CCCC2)c1=O. The van der Waals surface area contributed by atoms with Crippen LogP contribution in [0.5, 0.6) is 0 Å². The first kappa shape index (κ1) is 21.5. The summed E-state index contributed by atoms with van der Waals surface area (Å²) in [4.78, 5) is 23.1. The second-order valence-corrected chi connectivity index (χ2v) is 10.1. The van der Waals surface area contributed by atoms with E-state index in [0.29, 0.717) is 5.95 Å². The van der Waals surface area contributed by atoms with Gasteiger partial charge in [-0.1, -0.05) is 70.9 Å². The van der Waals surface area contributed by atoms with Gasteiger partial charge in [-0.05, 0) is 36.3 Å². The van der Waals surface area contributed by atoms with Gasteiger partial charge in [0.1, 0.15) is 5.65 Å². The number of benzene rings is 1. The molecule has 1 aliphatic rings. The largest absolute Gasteiger partial charge is 0.354 e. The lowest BCUT2D eigenvalue weighted by molar-refractivity contribution is 0.389. The number of hydrogen-bond acceptors (Lipinski definition) is 4. The van der Waals surface area contributed by atoms with Crippen molar-refractivity contribution >= 4 is 17.0 Å². The molecular formula is C26H34N4O. The standard InChI is InChI=1S/C26H34N4O/c1-18(19-10-6-5-7-11-19)22-16-20-17-28-25(27-15-14-26(2,3)4)29-23(20)30(24(22)31)21-12-8-9-13-21/h5-7,10-11,16-18,21H,8-9,12-15H2,1-4H3,(H,27,28,29). The van der Waals surface area contributed by atoms with Crippen LogP contribution in [0.4, 0.5) is 5.95 Å². The summed E-state index contributed by atoms with van der Waals surface area (Å²) in [6.45, 7) is 9.60. The van der Waals surface area contributed by atoms with E-state index in [1.807, 2.05) is 35.0 Å². The summed E-state index contributed by atoms with van der Waals surface area (Å²) in [5.74, 6) is 0.627. The van der Waals surface area contributed by atoms with Crippen molar-refractivity contribution in [2.45, 2.75) is 71.8 Å². The Morgan fingerprint density at radius 3 is 2.55 bits per heavy atom. The van der Waals surface area contributed by atoms with Gasteiger partial charge in [-0.15, -0.1) is 0 Å². The van der Waals surface area contributed by atoms with Gasteiger partial charge in [0, 0.05) is 35.7 Å². The zero-order chi connectivity index (χ0) is 22.0. The highest BCUT2D eigenvalue weighted by atomic mass is 16.1. The normalized spacial score (nSPS) is 16.0. The van der Waals surface area contributed by atoms with Gasteiger partial charge in [-0.25, -0.2) is 4.98 Å². The van der Waals surface area contributed by atoms with Crippen LogP contribution in [0.2, 0.25) is 0 Å². The van der Waals surface area contributed by atoms with Crippen LogP contribution in [0.1, 0.15) is 82.9 Å². The number of anilines is 1. The summed E-state index contributed by atoms with van der Waals surface area (Å²) in [5, 5.41) is 4.29. The average Bonchev–Trinajstić information content (AvgIpc) is 3.27. The fourth-order valence-corrected chi connectivity index (χ4v) is 4.51. The highest BCUT2D eigenvalue weighted by Gasteiger charge is 2.24. The van der Waals surface area contributed by atoms with Gasteiger partial charge in [0.15, 0.2) is 0 Å². The molecule has 0 spiro atoms. The number of fused-ring (bicyclic) bond motifs is 1. The third-order valence-corrected chi connectivity index (χ3v) is 6.41. The molecule has 1 atom stereocenters. The number of aromatic nitrogens is 3. The molecule has 5 nitrogen and oxygen atoms in total. The van der Waals surface area contributed by atoms with E-state index < -0.39 is 0 Å². The quantitative estimate of drug-likeness (QED) is 0.541. The Labute approximate surface area is 184 Å². The molecule has 0 amide bonds. The molecule has 1 N–H and O–H groups in total. The zero-order valence-electron chi connectivity index (χ0n) is 19.2. The van der Waals surface area contributed by atoms with E-state index in [1.54, 1.807) is 0 Å². The van der Waals surface area contributed by atoms with Crippen molar-refractivity contribution in [3.63, 3.8) is 0 Å². The van der Waals surface area contributed by atoms with Gasteiger partial charge < -0.3 is 5.32 Å². The lowest BCUT2D eigenvalue weighted by atomic mass is 9.92. The fourth-order valence-electron chi connectivity index (χ4n) is 4.51. The van der Waals surface area contributed by atoms with Gasteiger partial charge >= 0.3 is 0 Å². The Hall–Kier alpha value is -2.69. The summed E-state index contributed by atoms with van der Waals surface area (Å²) < 4.78 is 1.97. The van der Waals surface area contributed by atoms with Crippen LogP contribution < -0.4 is 10.9 Å². The lowest BCUT2D eigenvalue weighted by Gasteiger charge is -2.21. The molecule has 2 aromatic heterocycles. The minimum atomic E-state index is 0.0235. The van der Waals surface area contributed by atoms with Crippen LogP contribution in [-0.2, 0) is 0 Å². The third-order valence-electron chi connectivity index (χ3n) is 6.41. The van der Waals surface area contributed by atoms with Crippen molar-refractivity contribution in [3.8, 4) is 0 Å². The van der Waals surface area contributed by atoms with Crippen LogP contribution in [0.15, 0.2) is 47.4 Å². The second kappa shape index (κ2) is 8.81. The number of nitrogens with zero attached hydrogens (tertiary/aromatic N) is 3. The number of rotatable bonds is 6. The molecule has 31 heavy (non-hydrogen) atoms. The van der Waals surface area contributed by atoms with Crippen molar-refractivity contribution in [2.24, 2.45) is 5.41 Å². The molecule has 0 aliphatic heterocycles. The number of pyridine rings is 1. The molecule has 3 aromatic rings. The van der Waals surface area contributed by atoms with E-state index in [9.17, 15) is 4.79 Å². The van der Waals surface area contributed by atoms with E-state index in [2.05, 4.69) is 50.1 Å². The molecule has 0 radical (unpaired) electrons. The van der Waals surface area contributed by atoms with E-state index in [4.69, 9.17) is 4.98 Å². The molecule has 5 heteroatoms. The summed E-state index contributed by atoms with van der Waals surface area (Å²) in [6.07, 6.45) is 7.30. The van der Waals surface area contributed by atoms with Crippen molar-refractivity contribution in [1.29, 1.82) is 0 Å². The summed E-state index contributed by atoms with van der Waals surface area (Å²) in [7, 11) is 0. The number of hydrogen-bond donors (Lipinski definition) is 1. The predicted molar refractivity (Wildman–Crippen MR) is 128 cm³/mol. The molecule has 2 heterocycles. The van der Waals surface area contributed by atoms with E-state index in [-0.39, 0.29) is 22.9 Å². The minimum Gasteiger partial charge on any atom is -0.354 e. The van der Waals surface area contributed by atoms with Crippen molar-refractivity contribution in [2.75, 3.05) is 11.9 Å². The van der Waals surface area contributed by atoms with Gasteiger partial charge in [0.05, 0.1) is 0 Å². The summed E-state index contributed by atoms with van der Waals surface area (Å²) >= 11 is 0. The summed E-state index contributed by atoms with van der Waals surface area (Å²) in [6, 6.07) is 12.5. The third kappa shape index (κ3) is 4.81. The first-order valence-corrected chi connectivity index (χ1v) is 11.5. The Bertz CT molecular complexity index is 1090. The Kier molecular flexibility index (Phi) is 6.12. The average molecular weight is 419 g/mol. The smallest absolute Gasteiger partial charge is 0.256 e. The molecule has 0 bridgehead atoms. The Morgan fingerprint density at radius 1 is 1.16 bits per heavy atom. The minimum absolute atomic E-state index is 0.0235. The first-order valence-electron chi connectivity index (χ1n) is 11.5. The van der Waals surface area contributed by atoms with Crippen LogP contribution in [0.3, 0.4) is 0 Å². The predicted octanol–water partition coefficient (Wildman–Crippen LogP) is 5.91. The highest BCUT2D eigenvalue weighted by molar-refractivity contribution is 5.76. The van der Waals surface area contributed by atoms with Gasteiger partial charge in [0.25, 0.3) is 5.56 Å². The molecule has 1 aliphatic carbocycles. The van der Waals surface area contributed by atoms with E-state index in [0.717, 1.165) is 48.0 Å². The molecule has 1 fully saturated rings. The van der Waals surface area contributed by atoms with Crippen LogP contribution in [0.25, 0.3) is 11.0 Å². The molecule has 1 unspecified atom stereocenters. The maximum absolute atomic E-state index is 13.7. The maximum Gasteiger partial charge on any atom is 0.256 e. The topological polar surface area (TPSA) is 59.8 Å². The van der Waals surface area contributed by atoms with Crippen LogP contribution in [0, 0.1) is 5.41 Å². The molecule has 1 aromatic carbocycles. The van der Waals surface area contributed by atoms with Gasteiger partial charge in [0.2, 0.25) is 5.95 Å². The zero-order valence-corrected chi connectivity index (χ0v) is 19.2. The van der Waals surface area contributed by atoms with Gasteiger partial charge in [-0.3, -0.25) is 9.36 Å². The molecule has 164 valence electrons. The Morgan fingerprint density at radius 2 is 1.87 bits per heavy atom. The Balaban J connectivity index is 1.77. The van der Waals surface area contributed by atoms with E-state index in [1.165, 1.54) is 12.8 Å². The fraction of sp³-hybridized carbons (Fsp3) is 0.500. The molecule has 1 saturated carbocycles. The molecular weight excluding hydrogens is 384 g/mol. The second-order valence-electron chi connectivity index (χ2n) is 10.1. The first-order chi connectivity index (χ1) is 14.8. The molecule has 4 rings (SSSR count). The van der Waals surface area contributed by atoms with Crippen LogP contribution >= 0.6 is 0 Å². The number of nitrogens with one attached hydrogen (secondary N) is 1. The summed E-state index contributed by atoms with van der Waals surface area (Å²) in [5.41, 5.74) is 3.07.